The molecule has 0 radical (unpaired) electrons. The van der Waals surface area contributed by atoms with Gasteiger partial charge >= 0.3 is 12.1 Å². The van der Waals surface area contributed by atoms with Crippen LogP contribution in [0, 0.1) is 0 Å². The summed E-state index contributed by atoms with van der Waals surface area (Å²) < 4.78 is 41.9. The van der Waals surface area contributed by atoms with E-state index < -0.39 is 29.3 Å². The number of hydrogen-bond donors (Lipinski definition) is 2. The number of fused-ring (bicyclic) bond motifs is 1. The fraction of sp³-hybridized carbons (Fsp3) is 0.150. The Kier molecular flexibility index (Phi) is 6.15. The largest absolute Gasteiger partial charge is 0.573 e. The number of aromatic amines is 1. The summed E-state index contributed by atoms with van der Waals surface area (Å²) in [6.07, 6.45) is -3.69. The van der Waals surface area contributed by atoms with Crippen molar-refractivity contribution in [2.75, 3.05) is 5.32 Å². The Balaban J connectivity index is 1.52. The van der Waals surface area contributed by atoms with E-state index in [1.54, 1.807) is 5.38 Å². The number of amides is 1. The number of rotatable bonds is 5. The molecule has 2 N–H and O–H groups in total. The molecule has 0 aliphatic carbocycles. The number of aromatic nitrogens is 4. The third kappa shape index (κ3) is 4.94. The summed E-state index contributed by atoms with van der Waals surface area (Å²) >= 11 is 6.97. The van der Waals surface area contributed by atoms with E-state index >= 15 is 0 Å². The average Bonchev–Trinajstić information content (AvgIpc) is 3.21. The molecule has 0 unspecified atom stereocenters. The quantitative estimate of drug-likeness (QED) is 0.423. The molecule has 0 bridgehead atoms. The van der Waals surface area contributed by atoms with Crippen LogP contribution in [0.4, 0.5) is 18.3 Å². The lowest BCUT2D eigenvalue weighted by Gasteiger charge is -2.10. The zero-order valence-electron chi connectivity index (χ0n) is 17.1. The number of ether oxygens (including phenoxy) is 1. The van der Waals surface area contributed by atoms with Crippen LogP contribution in [0.15, 0.2) is 45.4 Å². The minimum atomic E-state index is -4.87. The van der Waals surface area contributed by atoms with Gasteiger partial charge in [0, 0.05) is 24.2 Å². The third-order valence-corrected chi connectivity index (χ3v) is 5.69. The van der Waals surface area contributed by atoms with Crippen molar-refractivity contribution in [2.45, 2.75) is 12.8 Å². The first kappa shape index (κ1) is 23.4. The molecule has 0 saturated heterocycles. The van der Waals surface area contributed by atoms with Crippen LogP contribution >= 0.6 is 22.9 Å². The maximum absolute atomic E-state index is 12.6. The lowest BCUT2D eigenvalue weighted by Crippen LogP contribution is -2.33. The Bertz CT molecular complexity index is 1530. The predicted molar refractivity (Wildman–Crippen MR) is 119 cm³/mol. The van der Waals surface area contributed by atoms with Gasteiger partial charge in [0.2, 0.25) is 5.91 Å². The molecule has 1 aromatic carbocycles. The van der Waals surface area contributed by atoms with E-state index in [4.69, 9.17) is 11.6 Å². The SMILES string of the molecule is Cn1c(=O)[nH]c2nccc(CC(=O)Nc3nc(-c4ccc(OC(F)(F)F)c(Cl)c4)cs3)c2c1=O. The average molecular weight is 512 g/mol. The number of anilines is 1. The zero-order chi connectivity index (χ0) is 24.6. The highest BCUT2D eigenvalue weighted by atomic mass is 35.5. The number of carbonyl (C=O) groups excluding carboxylic acids is 1. The molecule has 0 aliphatic heterocycles. The molecule has 1 amide bonds. The minimum absolute atomic E-state index is 0.0739. The predicted octanol–water partition coefficient (Wildman–Crippen LogP) is 3.48. The summed E-state index contributed by atoms with van der Waals surface area (Å²) in [5.41, 5.74) is 0.0272. The lowest BCUT2D eigenvalue weighted by atomic mass is 10.1. The normalized spacial score (nSPS) is 11.6. The van der Waals surface area contributed by atoms with Gasteiger partial charge in [-0.15, -0.1) is 24.5 Å². The van der Waals surface area contributed by atoms with E-state index in [0.29, 0.717) is 16.8 Å². The number of alkyl halides is 3. The van der Waals surface area contributed by atoms with Crippen molar-refractivity contribution in [3.05, 3.63) is 67.3 Å². The van der Waals surface area contributed by atoms with Crippen molar-refractivity contribution in [1.82, 2.24) is 19.5 Å². The van der Waals surface area contributed by atoms with E-state index in [9.17, 15) is 27.6 Å². The first-order chi connectivity index (χ1) is 16.0. The summed E-state index contributed by atoms with van der Waals surface area (Å²) in [5.74, 6) is -1.02. The Morgan fingerprint density at radius 2 is 2.06 bits per heavy atom. The molecule has 0 saturated carbocycles. The van der Waals surface area contributed by atoms with Crippen molar-refractivity contribution in [3.63, 3.8) is 0 Å². The highest BCUT2D eigenvalue weighted by Gasteiger charge is 2.32. The Labute approximate surface area is 196 Å². The van der Waals surface area contributed by atoms with E-state index in [-0.39, 0.29) is 27.6 Å². The van der Waals surface area contributed by atoms with Gasteiger partial charge in [0.1, 0.15) is 11.4 Å². The highest BCUT2D eigenvalue weighted by Crippen LogP contribution is 2.34. The maximum Gasteiger partial charge on any atom is 0.573 e. The summed E-state index contributed by atoms with van der Waals surface area (Å²) in [6.45, 7) is 0. The van der Waals surface area contributed by atoms with Crippen LogP contribution in [0.25, 0.3) is 22.3 Å². The number of thiazole rings is 1. The van der Waals surface area contributed by atoms with Gasteiger partial charge in [0.25, 0.3) is 5.56 Å². The van der Waals surface area contributed by atoms with Gasteiger partial charge in [-0.05, 0) is 29.8 Å². The Morgan fingerprint density at radius 3 is 2.76 bits per heavy atom. The molecule has 4 aromatic rings. The Morgan fingerprint density at radius 1 is 1.29 bits per heavy atom. The number of nitrogens with zero attached hydrogens (tertiary/aromatic N) is 3. The summed E-state index contributed by atoms with van der Waals surface area (Å²) in [7, 11) is 1.31. The smallest absolute Gasteiger partial charge is 0.404 e. The number of halogens is 4. The summed E-state index contributed by atoms with van der Waals surface area (Å²) in [5, 5.41) is 4.30. The van der Waals surface area contributed by atoms with Crippen LogP contribution in [-0.4, -0.2) is 31.8 Å². The van der Waals surface area contributed by atoms with Gasteiger partial charge in [0.05, 0.1) is 22.5 Å². The van der Waals surface area contributed by atoms with Crippen LogP contribution in [0.5, 0.6) is 5.75 Å². The van der Waals surface area contributed by atoms with Gasteiger partial charge in [-0.3, -0.25) is 19.1 Å². The number of carbonyl (C=O) groups is 1. The molecule has 4 rings (SSSR count). The van der Waals surface area contributed by atoms with E-state index in [1.807, 2.05) is 0 Å². The first-order valence-electron chi connectivity index (χ1n) is 9.40. The van der Waals surface area contributed by atoms with Crippen molar-refractivity contribution in [3.8, 4) is 17.0 Å². The van der Waals surface area contributed by atoms with E-state index in [2.05, 4.69) is 25.0 Å². The summed E-state index contributed by atoms with van der Waals surface area (Å²) in [4.78, 5) is 47.5. The van der Waals surface area contributed by atoms with Crippen molar-refractivity contribution >= 4 is 45.0 Å². The molecule has 9 nitrogen and oxygen atoms in total. The van der Waals surface area contributed by atoms with E-state index in [1.165, 1.54) is 31.4 Å². The van der Waals surface area contributed by atoms with Gasteiger partial charge < -0.3 is 10.1 Å². The van der Waals surface area contributed by atoms with Crippen LogP contribution in [0.2, 0.25) is 5.02 Å². The Hall–Kier alpha value is -3.71. The fourth-order valence-corrected chi connectivity index (χ4v) is 4.05. The monoisotopic (exact) mass is 511 g/mol. The van der Waals surface area contributed by atoms with Crippen LogP contribution < -0.4 is 21.3 Å². The van der Waals surface area contributed by atoms with Gasteiger partial charge in [-0.25, -0.2) is 14.8 Å². The van der Waals surface area contributed by atoms with Gasteiger partial charge in [-0.1, -0.05) is 11.6 Å². The molecule has 0 spiro atoms. The van der Waals surface area contributed by atoms with Crippen molar-refractivity contribution in [1.29, 1.82) is 0 Å². The molecule has 176 valence electrons. The molecule has 0 fully saturated rings. The third-order valence-electron chi connectivity index (χ3n) is 4.64. The minimum Gasteiger partial charge on any atom is -0.404 e. The zero-order valence-corrected chi connectivity index (χ0v) is 18.6. The molecule has 34 heavy (non-hydrogen) atoms. The van der Waals surface area contributed by atoms with Gasteiger partial charge in [0.15, 0.2) is 5.13 Å². The molecule has 14 heteroatoms. The van der Waals surface area contributed by atoms with Crippen LogP contribution in [-0.2, 0) is 18.3 Å². The number of hydrogen-bond acceptors (Lipinski definition) is 7. The number of H-pyrrole nitrogens is 1. The molecular formula is C20H13ClF3N5O4S. The fourth-order valence-electron chi connectivity index (χ4n) is 3.10. The second-order valence-electron chi connectivity index (χ2n) is 6.94. The van der Waals surface area contributed by atoms with Crippen LogP contribution in [0.1, 0.15) is 5.56 Å². The first-order valence-corrected chi connectivity index (χ1v) is 10.7. The van der Waals surface area contributed by atoms with Gasteiger partial charge in [-0.2, -0.15) is 0 Å². The standard InChI is InChI=1S/C20H13ClF3N5O4S/c1-29-17(31)15-10(4-5-25-16(15)28-19(29)32)7-14(30)27-18-26-12(8-34-18)9-2-3-13(11(21)6-9)33-20(22,23)24/h2-6,8H,7H2,1H3,(H,25,28,32)(H,26,27,30). The maximum atomic E-state index is 12.6. The highest BCUT2D eigenvalue weighted by molar-refractivity contribution is 7.14. The number of pyridine rings is 1. The summed E-state index contributed by atoms with van der Waals surface area (Å²) in [6, 6.07) is 5.19. The molecule has 3 heterocycles. The topological polar surface area (TPSA) is 119 Å². The molecule has 0 aliphatic rings. The number of benzene rings is 1. The molecular weight excluding hydrogens is 499 g/mol. The second kappa shape index (κ2) is 8.91. The molecule has 0 atom stereocenters. The van der Waals surface area contributed by atoms with Crippen molar-refractivity contribution < 1.29 is 22.7 Å². The molecule has 3 aromatic heterocycles. The number of nitrogens with one attached hydrogen (secondary N) is 2. The second-order valence-corrected chi connectivity index (χ2v) is 8.21. The van der Waals surface area contributed by atoms with Crippen molar-refractivity contribution in [2.24, 2.45) is 7.05 Å². The lowest BCUT2D eigenvalue weighted by molar-refractivity contribution is -0.274. The van der Waals surface area contributed by atoms with Crippen LogP contribution in [0.3, 0.4) is 0 Å². The van der Waals surface area contributed by atoms with E-state index in [0.717, 1.165) is 22.0 Å².